The van der Waals surface area contributed by atoms with Gasteiger partial charge in [-0.1, -0.05) is 12.1 Å². The van der Waals surface area contributed by atoms with Crippen molar-refractivity contribution in [3.8, 4) is 11.5 Å². The average Bonchev–Trinajstić information content (AvgIpc) is 2.83. The van der Waals surface area contributed by atoms with Gasteiger partial charge in [0.25, 0.3) is 5.91 Å². The normalized spacial score (nSPS) is 20.1. The number of benzene rings is 2. The number of amides is 1. The van der Waals surface area contributed by atoms with E-state index in [0.29, 0.717) is 30.4 Å². The summed E-state index contributed by atoms with van der Waals surface area (Å²) in [6.45, 7) is 6.88. The lowest BCUT2D eigenvalue weighted by Gasteiger charge is -2.39. The number of likely N-dealkylation sites (N-methyl/N-ethyl adjacent to an activating group) is 1. The minimum Gasteiger partial charge on any atom is -0.493 e. The molecule has 0 aromatic heterocycles. The van der Waals surface area contributed by atoms with Crippen LogP contribution in [0.1, 0.15) is 53.2 Å². The molecule has 2 aromatic rings. The molecule has 2 aliphatic rings. The van der Waals surface area contributed by atoms with E-state index in [1.54, 1.807) is 19.2 Å². The van der Waals surface area contributed by atoms with Crippen molar-refractivity contribution in [3.05, 3.63) is 58.7 Å². The quantitative estimate of drug-likeness (QED) is 0.507. The number of aliphatic imine (C=N–C) groups is 2. The predicted molar refractivity (Wildman–Crippen MR) is 135 cm³/mol. The van der Waals surface area contributed by atoms with Gasteiger partial charge in [-0.2, -0.15) is 0 Å². The van der Waals surface area contributed by atoms with Crippen LogP contribution in [0.25, 0.3) is 0 Å². The molecule has 34 heavy (non-hydrogen) atoms. The molecule has 8 heteroatoms. The average molecular weight is 464 g/mol. The molecule has 0 saturated carbocycles. The van der Waals surface area contributed by atoms with E-state index in [2.05, 4.69) is 28.3 Å². The summed E-state index contributed by atoms with van der Waals surface area (Å²) in [5, 5.41) is 2.61. The van der Waals surface area contributed by atoms with E-state index in [4.69, 9.17) is 20.2 Å². The molecule has 8 nitrogen and oxygen atoms in total. The predicted octanol–water partition coefficient (Wildman–Crippen LogP) is 2.80. The van der Waals surface area contributed by atoms with Gasteiger partial charge in [0, 0.05) is 35.7 Å². The largest absolute Gasteiger partial charge is 0.493 e. The van der Waals surface area contributed by atoms with E-state index in [0.717, 1.165) is 42.1 Å². The van der Waals surface area contributed by atoms with Crippen LogP contribution < -0.4 is 20.5 Å². The Labute approximate surface area is 200 Å². The minimum absolute atomic E-state index is 0.118. The molecule has 0 unspecified atom stereocenters. The third-order valence-corrected chi connectivity index (χ3v) is 6.36. The Balaban J connectivity index is 1.72. The van der Waals surface area contributed by atoms with Crippen LogP contribution >= 0.6 is 0 Å². The molecule has 2 aromatic carbocycles. The minimum atomic E-state index is -0.286. The number of nitrogens with two attached hydrogens (primary N) is 1. The van der Waals surface area contributed by atoms with Crippen LogP contribution in [-0.2, 0) is 0 Å². The molecule has 0 aliphatic carbocycles. The summed E-state index contributed by atoms with van der Waals surface area (Å²) in [4.78, 5) is 24.0. The molecule has 1 fully saturated rings. The third kappa shape index (κ3) is 4.77. The van der Waals surface area contributed by atoms with Gasteiger partial charge in [0.2, 0.25) is 0 Å². The molecule has 2 aliphatic heterocycles. The van der Waals surface area contributed by atoms with Gasteiger partial charge in [0.15, 0.2) is 17.5 Å². The van der Waals surface area contributed by atoms with Crippen molar-refractivity contribution in [2.45, 2.75) is 32.2 Å². The van der Waals surface area contributed by atoms with E-state index in [-0.39, 0.29) is 17.9 Å². The molecule has 0 bridgehead atoms. The lowest BCUT2D eigenvalue weighted by Crippen LogP contribution is -2.41. The van der Waals surface area contributed by atoms with Gasteiger partial charge in [-0.3, -0.25) is 20.1 Å². The lowest BCUT2D eigenvalue weighted by molar-refractivity contribution is 0.0976. The number of nitrogens with one attached hydrogen (secondary N) is 1. The maximum Gasteiger partial charge on any atom is 0.257 e. The number of hydrogen-bond acceptors (Lipinski definition) is 6. The van der Waals surface area contributed by atoms with Crippen LogP contribution in [-0.4, -0.2) is 68.9 Å². The zero-order chi connectivity index (χ0) is 24.2. The fraction of sp³-hybridized carbons (Fsp3) is 0.423. The number of ether oxygens (including phenoxy) is 2. The number of carbonyl (C=O) groups excluding carboxylic acids is 1. The zero-order valence-corrected chi connectivity index (χ0v) is 20.3. The summed E-state index contributed by atoms with van der Waals surface area (Å²) in [5.74, 6) is 1.58. The molecule has 2 heterocycles. The first-order valence-corrected chi connectivity index (χ1v) is 11.8. The number of fused-ring (bicyclic) bond motifs is 3. The van der Waals surface area contributed by atoms with Gasteiger partial charge in [-0.25, -0.2) is 0 Å². The highest BCUT2D eigenvalue weighted by molar-refractivity contribution is 6.15. The standard InChI is InChI=1S/C26H33N5O3/c1-5-28-26(27)30-25(32)17-9-7-16(8-10-17)24-19-14-22(33-4)23(34-6-2)13-18(19)20-15-31(3)12-11-21(20)29-24/h7-10,13-14,20-21H,5-6,11-12,15H2,1-4H3,(H3,27,28,30,32)/t20-,21-/m0/s1. The van der Waals surface area contributed by atoms with E-state index in [1.807, 2.05) is 32.0 Å². The van der Waals surface area contributed by atoms with Crippen LogP contribution in [0, 0.1) is 0 Å². The molecule has 1 saturated heterocycles. The summed E-state index contributed by atoms with van der Waals surface area (Å²) >= 11 is 0. The summed E-state index contributed by atoms with van der Waals surface area (Å²) in [6.07, 6.45) is 0.997. The molecular weight excluding hydrogens is 430 g/mol. The summed E-state index contributed by atoms with van der Waals surface area (Å²) < 4.78 is 11.5. The number of rotatable bonds is 6. The fourth-order valence-electron chi connectivity index (χ4n) is 4.72. The van der Waals surface area contributed by atoms with Crippen molar-refractivity contribution in [1.82, 2.24) is 10.2 Å². The van der Waals surface area contributed by atoms with Crippen molar-refractivity contribution in [1.29, 1.82) is 0 Å². The highest BCUT2D eigenvalue weighted by Gasteiger charge is 2.36. The number of carbonyl (C=O) groups is 1. The Morgan fingerprint density at radius 3 is 2.68 bits per heavy atom. The highest BCUT2D eigenvalue weighted by Crippen LogP contribution is 2.42. The molecule has 0 spiro atoms. The van der Waals surface area contributed by atoms with Crippen LogP contribution in [0.3, 0.4) is 0 Å². The maximum absolute atomic E-state index is 12.5. The van der Waals surface area contributed by atoms with E-state index in [1.165, 1.54) is 5.56 Å². The van der Waals surface area contributed by atoms with Gasteiger partial charge in [-0.15, -0.1) is 0 Å². The van der Waals surface area contributed by atoms with Crippen molar-refractivity contribution in [2.24, 2.45) is 15.7 Å². The van der Waals surface area contributed by atoms with Gasteiger partial charge in [0.1, 0.15) is 0 Å². The first-order valence-electron chi connectivity index (χ1n) is 11.8. The zero-order valence-electron chi connectivity index (χ0n) is 20.3. The first kappa shape index (κ1) is 23.8. The van der Waals surface area contributed by atoms with Crippen molar-refractivity contribution < 1.29 is 14.3 Å². The van der Waals surface area contributed by atoms with Crippen LogP contribution in [0.5, 0.6) is 11.5 Å². The number of likely N-dealkylation sites (tertiary alicyclic amines) is 1. The SMILES string of the molecule is CCN=C(N)NC(=O)c1ccc(C2=N[C@H]3CCN(C)C[C@H]3c3cc(OCC)c(OC)cc32)cc1. The van der Waals surface area contributed by atoms with Crippen LogP contribution in [0.2, 0.25) is 0 Å². The monoisotopic (exact) mass is 463 g/mol. The molecule has 4 rings (SSSR count). The van der Waals surface area contributed by atoms with Crippen molar-refractivity contribution in [2.75, 3.05) is 40.4 Å². The lowest BCUT2D eigenvalue weighted by atomic mass is 9.79. The second kappa shape index (κ2) is 10.3. The number of guanidine groups is 1. The van der Waals surface area contributed by atoms with Gasteiger partial charge in [0.05, 0.1) is 25.5 Å². The highest BCUT2D eigenvalue weighted by atomic mass is 16.5. The Kier molecular flexibility index (Phi) is 7.17. The second-order valence-electron chi connectivity index (χ2n) is 8.62. The van der Waals surface area contributed by atoms with Crippen molar-refractivity contribution in [3.63, 3.8) is 0 Å². The molecule has 180 valence electrons. The molecule has 1 amide bonds. The number of hydrogen-bond donors (Lipinski definition) is 2. The second-order valence-corrected chi connectivity index (χ2v) is 8.62. The first-order chi connectivity index (χ1) is 16.4. The topological polar surface area (TPSA) is 102 Å². The molecule has 2 atom stereocenters. The summed E-state index contributed by atoms with van der Waals surface area (Å²) in [6, 6.07) is 11.8. The molecular formula is C26H33N5O3. The number of piperidine rings is 1. The fourth-order valence-corrected chi connectivity index (χ4v) is 4.72. The van der Waals surface area contributed by atoms with Gasteiger partial charge < -0.3 is 20.1 Å². The maximum atomic E-state index is 12.5. The third-order valence-electron chi connectivity index (χ3n) is 6.36. The summed E-state index contributed by atoms with van der Waals surface area (Å²) in [5.41, 5.74) is 10.4. The number of methoxy groups -OCH3 is 1. The Bertz CT molecular complexity index is 1110. The Hall–Kier alpha value is -3.39. The Morgan fingerprint density at radius 1 is 1.24 bits per heavy atom. The smallest absolute Gasteiger partial charge is 0.257 e. The van der Waals surface area contributed by atoms with Crippen LogP contribution in [0.4, 0.5) is 0 Å². The molecule has 3 N–H and O–H groups in total. The Morgan fingerprint density at radius 2 is 2.00 bits per heavy atom. The summed E-state index contributed by atoms with van der Waals surface area (Å²) in [7, 11) is 3.81. The molecule has 0 radical (unpaired) electrons. The van der Waals surface area contributed by atoms with Crippen molar-refractivity contribution >= 4 is 17.6 Å². The number of nitrogens with zero attached hydrogens (tertiary/aromatic N) is 3. The van der Waals surface area contributed by atoms with E-state index < -0.39 is 0 Å². The van der Waals surface area contributed by atoms with Gasteiger partial charge in [-0.05, 0) is 63.7 Å². The van der Waals surface area contributed by atoms with Gasteiger partial charge >= 0.3 is 0 Å². The van der Waals surface area contributed by atoms with Crippen LogP contribution in [0.15, 0.2) is 46.4 Å². The van der Waals surface area contributed by atoms with E-state index >= 15 is 0 Å². The van der Waals surface area contributed by atoms with E-state index in [9.17, 15) is 4.79 Å².